The Bertz CT molecular complexity index is 1110. The van der Waals surface area contributed by atoms with Crippen LogP contribution >= 0.6 is 11.8 Å². The van der Waals surface area contributed by atoms with Gasteiger partial charge in [-0.25, -0.2) is 13.8 Å². The highest BCUT2D eigenvalue weighted by atomic mass is 32.2. The van der Waals surface area contributed by atoms with Crippen LogP contribution in [0.2, 0.25) is 0 Å². The molecule has 0 atom stereocenters. The number of aromatic amines is 1. The Balaban J connectivity index is 1.74. The number of benzene rings is 2. The SMILES string of the molecule is CCc1c(Cc2c(F)cccc2F)nc(SCC(=O)Nc2ccc(OC)cc2)[nH]c1=O. The lowest BCUT2D eigenvalue weighted by Crippen LogP contribution is -2.20. The lowest BCUT2D eigenvalue weighted by Gasteiger charge is -2.10. The summed E-state index contributed by atoms with van der Waals surface area (Å²) >= 11 is 1.03. The second kappa shape index (κ2) is 10.2. The molecule has 0 spiro atoms. The van der Waals surface area contributed by atoms with Gasteiger partial charge in [-0.1, -0.05) is 24.8 Å². The Hall–Kier alpha value is -3.20. The third-order valence-corrected chi connectivity index (χ3v) is 5.43. The van der Waals surface area contributed by atoms with Crippen molar-refractivity contribution in [1.82, 2.24) is 9.97 Å². The van der Waals surface area contributed by atoms with Gasteiger partial charge >= 0.3 is 0 Å². The number of anilines is 1. The van der Waals surface area contributed by atoms with Crippen LogP contribution in [0.1, 0.15) is 23.7 Å². The Labute approximate surface area is 182 Å². The highest BCUT2D eigenvalue weighted by molar-refractivity contribution is 7.99. The molecule has 6 nitrogen and oxygen atoms in total. The van der Waals surface area contributed by atoms with Crippen LogP contribution in [0.4, 0.5) is 14.5 Å². The Morgan fingerprint density at radius 2 is 1.81 bits per heavy atom. The Kier molecular flexibility index (Phi) is 7.41. The van der Waals surface area contributed by atoms with Gasteiger partial charge in [0.2, 0.25) is 5.91 Å². The van der Waals surface area contributed by atoms with E-state index in [0.29, 0.717) is 23.4 Å². The maximum absolute atomic E-state index is 14.1. The molecule has 9 heteroatoms. The first-order valence-corrected chi connectivity index (χ1v) is 10.5. The van der Waals surface area contributed by atoms with Crippen molar-refractivity contribution in [2.75, 3.05) is 18.2 Å². The summed E-state index contributed by atoms with van der Waals surface area (Å²) < 4.78 is 33.2. The van der Waals surface area contributed by atoms with Crippen molar-refractivity contribution >= 4 is 23.4 Å². The number of rotatable bonds is 8. The molecule has 1 aromatic heterocycles. The number of amides is 1. The number of hydrogen-bond acceptors (Lipinski definition) is 5. The van der Waals surface area contributed by atoms with Crippen molar-refractivity contribution in [2.45, 2.75) is 24.9 Å². The molecule has 0 unspecified atom stereocenters. The number of thioether (sulfide) groups is 1. The van der Waals surface area contributed by atoms with Crippen LogP contribution in [0.5, 0.6) is 5.75 Å². The van der Waals surface area contributed by atoms with E-state index < -0.39 is 11.6 Å². The fraction of sp³-hybridized carbons (Fsp3) is 0.227. The van der Waals surface area contributed by atoms with Gasteiger partial charge in [0.25, 0.3) is 5.56 Å². The molecule has 0 aliphatic rings. The van der Waals surface area contributed by atoms with Crippen LogP contribution in [-0.4, -0.2) is 28.7 Å². The molecule has 0 fully saturated rings. The van der Waals surface area contributed by atoms with E-state index in [1.807, 2.05) is 0 Å². The number of aromatic nitrogens is 2. The van der Waals surface area contributed by atoms with Crippen LogP contribution < -0.4 is 15.6 Å². The molecule has 0 radical (unpaired) electrons. The molecule has 2 N–H and O–H groups in total. The predicted octanol–water partition coefficient (Wildman–Crippen LogP) is 3.94. The van der Waals surface area contributed by atoms with Crippen LogP contribution in [0.3, 0.4) is 0 Å². The van der Waals surface area contributed by atoms with Gasteiger partial charge in [0.1, 0.15) is 17.4 Å². The summed E-state index contributed by atoms with van der Waals surface area (Å²) in [5, 5.41) is 2.94. The minimum atomic E-state index is -0.697. The second-order valence-corrected chi connectivity index (χ2v) is 7.56. The maximum Gasteiger partial charge on any atom is 0.254 e. The zero-order valence-corrected chi connectivity index (χ0v) is 17.8. The lowest BCUT2D eigenvalue weighted by molar-refractivity contribution is -0.113. The molecule has 162 valence electrons. The van der Waals surface area contributed by atoms with Crippen molar-refractivity contribution in [1.29, 1.82) is 0 Å². The second-order valence-electron chi connectivity index (χ2n) is 6.59. The van der Waals surface area contributed by atoms with Crippen molar-refractivity contribution < 1.29 is 18.3 Å². The number of H-pyrrole nitrogens is 1. The minimum Gasteiger partial charge on any atom is -0.497 e. The van der Waals surface area contributed by atoms with Crippen LogP contribution in [-0.2, 0) is 17.6 Å². The molecular weight excluding hydrogens is 424 g/mol. The van der Waals surface area contributed by atoms with E-state index in [-0.39, 0.29) is 40.1 Å². The van der Waals surface area contributed by atoms with Crippen LogP contribution in [0, 0.1) is 11.6 Å². The molecule has 0 saturated heterocycles. The van der Waals surface area contributed by atoms with E-state index >= 15 is 0 Å². The summed E-state index contributed by atoms with van der Waals surface area (Å²) in [7, 11) is 1.55. The van der Waals surface area contributed by atoms with E-state index in [0.717, 1.165) is 23.9 Å². The Morgan fingerprint density at radius 1 is 1.13 bits per heavy atom. The summed E-state index contributed by atoms with van der Waals surface area (Å²) in [6.45, 7) is 1.77. The zero-order valence-electron chi connectivity index (χ0n) is 17.0. The van der Waals surface area contributed by atoms with Crippen molar-refractivity contribution in [3.63, 3.8) is 0 Å². The monoisotopic (exact) mass is 445 g/mol. The molecule has 0 bridgehead atoms. The number of carbonyl (C=O) groups is 1. The highest BCUT2D eigenvalue weighted by Crippen LogP contribution is 2.20. The molecule has 0 aliphatic carbocycles. The third kappa shape index (κ3) is 5.69. The van der Waals surface area contributed by atoms with Crippen LogP contribution in [0.25, 0.3) is 0 Å². The first-order valence-electron chi connectivity index (χ1n) is 9.53. The normalized spacial score (nSPS) is 10.7. The van der Waals surface area contributed by atoms with Gasteiger partial charge in [0, 0.05) is 23.2 Å². The number of ether oxygens (including phenoxy) is 1. The number of nitrogens with zero attached hydrogens (tertiary/aromatic N) is 1. The quantitative estimate of drug-likeness (QED) is 0.405. The van der Waals surface area contributed by atoms with Gasteiger partial charge in [0.15, 0.2) is 5.16 Å². The molecule has 31 heavy (non-hydrogen) atoms. The van der Waals surface area contributed by atoms with Crippen molar-refractivity contribution in [2.24, 2.45) is 0 Å². The van der Waals surface area contributed by atoms with E-state index in [2.05, 4.69) is 15.3 Å². The standard InChI is InChI=1S/C22H21F2N3O3S/c1-3-15-19(11-16-17(23)5-4-6-18(16)24)26-22(27-21(15)29)31-12-20(28)25-13-7-9-14(30-2)10-8-13/h4-10H,3,11-12H2,1-2H3,(H,25,28)(H,26,27,29). The topological polar surface area (TPSA) is 84.1 Å². The van der Waals surface area contributed by atoms with Crippen LogP contribution in [0.15, 0.2) is 52.4 Å². The first-order chi connectivity index (χ1) is 14.9. The van der Waals surface area contributed by atoms with E-state index in [4.69, 9.17) is 4.74 Å². The van der Waals surface area contributed by atoms with Gasteiger partial charge in [0.05, 0.1) is 18.6 Å². The third-order valence-electron chi connectivity index (χ3n) is 4.55. The van der Waals surface area contributed by atoms with E-state index in [1.54, 1.807) is 38.3 Å². The largest absolute Gasteiger partial charge is 0.497 e. The number of carbonyl (C=O) groups excluding carboxylic acids is 1. The molecular formula is C22H21F2N3O3S. The number of methoxy groups -OCH3 is 1. The molecule has 0 aliphatic heterocycles. The van der Waals surface area contributed by atoms with Gasteiger partial charge in [-0.2, -0.15) is 0 Å². The average molecular weight is 445 g/mol. The molecule has 3 aromatic rings. The zero-order chi connectivity index (χ0) is 22.4. The van der Waals surface area contributed by atoms with E-state index in [1.165, 1.54) is 6.07 Å². The molecule has 1 amide bonds. The predicted molar refractivity (Wildman–Crippen MR) is 116 cm³/mol. The highest BCUT2D eigenvalue weighted by Gasteiger charge is 2.16. The van der Waals surface area contributed by atoms with Crippen molar-refractivity contribution in [3.8, 4) is 5.75 Å². The number of nitrogens with one attached hydrogen (secondary N) is 2. The fourth-order valence-corrected chi connectivity index (χ4v) is 3.65. The van der Waals surface area contributed by atoms with Gasteiger partial charge < -0.3 is 15.0 Å². The summed E-state index contributed by atoms with van der Waals surface area (Å²) in [6.07, 6.45) is 0.202. The van der Waals surface area contributed by atoms with E-state index in [9.17, 15) is 18.4 Å². The fourth-order valence-electron chi connectivity index (χ4n) is 2.97. The summed E-state index contributed by atoms with van der Waals surface area (Å²) in [5.74, 6) is -1.02. The minimum absolute atomic E-state index is 0.00601. The smallest absolute Gasteiger partial charge is 0.254 e. The summed E-state index contributed by atoms with van der Waals surface area (Å²) in [5.41, 5.74) is 0.707. The Morgan fingerprint density at radius 3 is 2.42 bits per heavy atom. The van der Waals surface area contributed by atoms with Gasteiger partial charge in [-0.3, -0.25) is 9.59 Å². The maximum atomic E-state index is 14.1. The average Bonchev–Trinajstić information content (AvgIpc) is 2.75. The number of halogens is 2. The molecule has 2 aromatic carbocycles. The molecule has 3 rings (SSSR count). The summed E-state index contributed by atoms with van der Waals surface area (Å²) in [6, 6.07) is 10.5. The lowest BCUT2D eigenvalue weighted by atomic mass is 10.0. The van der Waals surface area contributed by atoms with Gasteiger partial charge in [-0.15, -0.1) is 0 Å². The number of hydrogen-bond donors (Lipinski definition) is 2. The summed E-state index contributed by atoms with van der Waals surface area (Å²) in [4.78, 5) is 31.7. The molecule has 1 heterocycles. The first kappa shape index (κ1) is 22.5. The molecule has 0 saturated carbocycles. The van der Waals surface area contributed by atoms with Gasteiger partial charge in [-0.05, 0) is 42.8 Å². The van der Waals surface area contributed by atoms with Crippen molar-refractivity contribution in [3.05, 3.63) is 81.3 Å².